The summed E-state index contributed by atoms with van der Waals surface area (Å²) in [6, 6.07) is 5.61. The van der Waals surface area contributed by atoms with Crippen LogP contribution in [-0.4, -0.2) is 23.9 Å². The molecule has 0 aromatic heterocycles. The molecule has 5 nitrogen and oxygen atoms in total. The molecule has 0 radical (unpaired) electrons. The van der Waals surface area contributed by atoms with Gasteiger partial charge in [-0.2, -0.15) is 0 Å². The lowest BCUT2D eigenvalue weighted by Crippen LogP contribution is -2.64. The first-order chi connectivity index (χ1) is 9.23. The third-order valence-electron chi connectivity index (χ3n) is 3.57. The summed E-state index contributed by atoms with van der Waals surface area (Å²) >= 11 is 3.49. The molecule has 20 heavy (non-hydrogen) atoms. The van der Waals surface area contributed by atoms with E-state index >= 15 is 0 Å². The maximum Gasteiger partial charge on any atom is 0.251 e. The van der Waals surface area contributed by atoms with Crippen molar-refractivity contribution in [1.29, 1.82) is 0 Å². The summed E-state index contributed by atoms with van der Waals surface area (Å²) in [4.78, 5) is 25.4. The molecule has 0 saturated carbocycles. The van der Waals surface area contributed by atoms with Gasteiger partial charge < -0.3 is 10.6 Å². The lowest BCUT2D eigenvalue weighted by molar-refractivity contribution is -0.135. The summed E-state index contributed by atoms with van der Waals surface area (Å²) in [5.74, 6) is -0.581. The van der Waals surface area contributed by atoms with E-state index in [1.807, 2.05) is 25.1 Å². The zero-order valence-electron chi connectivity index (χ0n) is 11.7. The lowest BCUT2D eigenvalue weighted by Gasteiger charge is -2.42. The number of nitrogens with zero attached hydrogens (tertiary/aromatic N) is 1. The van der Waals surface area contributed by atoms with Crippen LogP contribution in [0.15, 0.2) is 22.7 Å². The number of carbonyl (C=O) groups is 2. The molecular weight excluding hydrogens is 322 g/mol. The molecule has 0 spiro atoms. The van der Waals surface area contributed by atoms with Crippen LogP contribution in [-0.2, 0) is 9.59 Å². The Bertz CT molecular complexity index is 570. The number of halogens is 1. The second kappa shape index (κ2) is 5.18. The number of nitrogens with two attached hydrogens (primary N) is 1. The van der Waals surface area contributed by atoms with E-state index in [-0.39, 0.29) is 24.4 Å². The average Bonchev–Trinajstić information content (AvgIpc) is 2.33. The van der Waals surface area contributed by atoms with E-state index in [0.717, 1.165) is 15.7 Å². The molecule has 1 aromatic carbocycles. The molecule has 3 N–H and O–H groups in total. The van der Waals surface area contributed by atoms with Crippen molar-refractivity contribution in [3.63, 3.8) is 0 Å². The molecule has 1 aliphatic rings. The van der Waals surface area contributed by atoms with Crippen molar-refractivity contribution >= 4 is 33.4 Å². The molecule has 1 saturated heterocycles. The Kier molecular flexibility index (Phi) is 3.88. The predicted octanol–water partition coefficient (Wildman–Crippen LogP) is 1.71. The lowest BCUT2D eigenvalue weighted by atomic mass is 9.97. The Hall–Kier alpha value is -1.40. The van der Waals surface area contributed by atoms with Crippen molar-refractivity contribution in [3.8, 4) is 0 Å². The molecule has 108 valence electrons. The van der Waals surface area contributed by atoms with Crippen LogP contribution in [0.3, 0.4) is 0 Å². The molecule has 2 rings (SSSR count). The molecule has 1 aliphatic heterocycles. The minimum absolute atomic E-state index is 0.0854. The van der Waals surface area contributed by atoms with Gasteiger partial charge in [0.2, 0.25) is 5.91 Å². The first-order valence-corrected chi connectivity index (χ1v) is 7.19. The molecule has 1 fully saturated rings. The topological polar surface area (TPSA) is 75.4 Å². The van der Waals surface area contributed by atoms with E-state index in [1.165, 1.54) is 0 Å². The van der Waals surface area contributed by atoms with Gasteiger partial charge in [-0.3, -0.25) is 14.9 Å². The monoisotopic (exact) mass is 339 g/mol. The second-order valence-electron chi connectivity index (χ2n) is 5.52. The Balaban J connectivity index is 2.42. The SMILES string of the molecule is C[C@@H](N)c1ccc(N2CC(=O)NC(=O)C2(C)C)cc1Br. The number of carbonyl (C=O) groups excluding carboxylic acids is 2. The maximum absolute atomic E-state index is 12.0. The zero-order chi connectivity index (χ0) is 15.1. The van der Waals surface area contributed by atoms with Crippen LogP contribution in [0.4, 0.5) is 5.69 Å². The Labute approximate surface area is 126 Å². The minimum atomic E-state index is -0.775. The Morgan fingerprint density at radius 3 is 2.60 bits per heavy atom. The van der Waals surface area contributed by atoms with Crippen molar-refractivity contribution in [1.82, 2.24) is 5.32 Å². The fourth-order valence-corrected chi connectivity index (χ4v) is 2.98. The van der Waals surface area contributed by atoms with Crippen molar-refractivity contribution in [2.75, 3.05) is 11.4 Å². The highest BCUT2D eigenvalue weighted by molar-refractivity contribution is 9.10. The molecule has 1 aromatic rings. The van der Waals surface area contributed by atoms with Crippen molar-refractivity contribution in [2.24, 2.45) is 5.73 Å². The normalized spacial score (nSPS) is 19.8. The summed E-state index contributed by atoms with van der Waals surface area (Å²) in [5, 5.41) is 2.36. The molecule has 1 atom stereocenters. The van der Waals surface area contributed by atoms with Crippen LogP contribution in [0.25, 0.3) is 0 Å². The quantitative estimate of drug-likeness (QED) is 0.804. The van der Waals surface area contributed by atoms with Crippen LogP contribution in [0, 0.1) is 0 Å². The fourth-order valence-electron chi connectivity index (χ4n) is 2.25. The largest absolute Gasteiger partial charge is 0.348 e. The standard InChI is InChI=1S/C14H18BrN3O2/c1-8(16)10-5-4-9(6-11(10)15)18-7-12(19)17-13(20)14(18,2)3/h4-6,8H,7,16H2,1-3H3,(H,17,19,20)/t8-/m1/s1. The number of piperazine rings is 1. The number of imide groups is 1. The van der Waals surface area contributed by atoms with Crippen LogP contribution < -0.4 is 16.0 Å². The number of hydrogen-bond donors (Lipinski definition) is 2. The van der Waals surface area contributed by atoms with Crippen LogP contribution in [0.5, 0.6) is 0 Å². The van der Waals surface area contributed by atoms with Gasteiger partial charge in [0.15, 0.2) is 0 Å². The number of benzene rings is 1. The number of rotatable bonds is 2. The van der Waals surface area contributed by atoms with E-state index in [1.54, 1.807) is 18.7 Å². The fraction of sp³-hybridized carbons (Fsp3) is 0.429. The third-order valence-corrected chi connectivity index (χ3v) is 4.26. The predicted molar refractivity (Wildman–Crippen MR) is 81.3 cm³/mol. The van der Waals surface area contributed by atoms with E-state index in [4.69, 9.17) is 5.73 Å². The molecule has 0 aliphatic carbocycles. The summed E-state index contributed by atoms with van der Waals surface area (Å²) in [6.45, 7) is 5.65. The third kappa shape index (κ3) is 2.58. The summed E-state index contributed by atoms with van der Waals surface area (Å²) in [5.41, 5.74) is 6.90. The van der Waals surface area contributed by atoms with Crippen molar-refractivity contribution in [3.05, 3.63) is 28.2 Å². The highest BCUT2D eigenvalue weighted by atomic mass is 79.9. The maximum atomic E-state index is 12.0. The van der Waals surface area contributed by atoms with Gasteiger partial charge in [-0.15, -0.1) is 0 Å². The Morgan fingerprint density at radius 1 is 1.40 bits per heavy atom. The highest BCUT2D eigenvalue weighted by Crippen LogP contribution is 2.31. The van der Waals surface area contributed by atoms with Crippen molar-refractivity contribution in [2.45, 2.75) is 32.4 Å². The average molecular weight is 340 g/mol. The van der Waals surface area contributed by atoms with E-state index in [9.17, 15) is 9.59 Å². The van der Waals surface area contributed by atoms with Crippen LogP contribution >= 0.6 is 15.9 Å². The van der Waals surface area contributed by atoms with Gasteiger partial charge in [0.05, 0.1) is 6.54 Å². The molecular formula is C14H18BrN3O2. The van der Waals surface area contributed by atoms with Gasteiger partial charge in [0.25, 0.3) is 5.91 Å². The molecule has 6 heteroatoms. The number of anilines is 1. The zero-order valence-corrected chi connectivity index (χ0v) is 13.3. The highest BCUT2D eigenvalue weighted by Gasteiger charge is 2.41. The molecule has 0 bridgehead atoms. The van der Waals surface area contributed by atoms with Gasteiger partial charge in [-0.05, 0) is 38.5 Å². The second-order valence-corrected chi connectivity index (χ2v) is 6.37. The van der Waals surface area contributed by atoms with Gasteiger partial charge in [0, 0.05) is 16.2 Å². The minimum Gasteiger partial charge on any atom is -0.348 e. The van der Waals surface area contributed by atoms with Crippen molar-refractivity contribution < 1.29 is 9.59 Å². The van der Waals surface area contributed by atoms with Gasteiger partial charge in [-0.1, -0.05) is 22.0 Å². The van der Waals surface area contributed by atoms with Gasteiger partial charge >= 0.3 is 0 Å². The van der Waals surface area contributed by atoms with Crippen LogP contribution in [0.2, 0.25) is 0 Å². The van der Waals surface area contributed by atoms with Gasteiger partial charge in [-0.25, -0.2) is 0 Å². The smallest absolute Gasteiger partial charge is 0.251 e. The first-order valence-electron chi connectivity index (χ1n) is 6.40. The summed E-state index contributed by atoms with van der Waals surface area (Å²) in [7, 11) is 0. The first kappa shape index (κ1) is 15.0. The molecule has 2 amide bonds. The number of nitrogens with one attached hydrogen (secondary N) is 1. The van der Waals surface area contributed by atoms with Crippen LogP contribution in [0.1, 0.15) is 32.4 Å². The van der Waals surface area contributed by atoms with E-state index < -0.39 is 5.54 Å². The summed E-state index contributed by atoms with van der Waals surface area (Å²) < 4.78 is 0.874. The van der Waals surface area contributed by atoms with E-state index in [2.05, 4.69) is 21.2 Å². The Morgan fingerprint density at radius 2 is 2.05 bits per heavy atom. The molecule has 1 heterocycles. The number of hydrogen-bond acceptors (Lipinski definition) is 4. The van der Waals surface area contributed by atoms with E-state index in [0.29, 0.717) is 0 Å². The van der Waals surface area contributed by atoms with Gasteiger partial charge in [0.1, 0.15) is 5.54 Å². The summed E-state index contributed by atoms with van der Waals surface area (Å²) in [6.07, 6.45) is 0. The number of amides is 2. The molecule has 0 unspecified atom stereocenters.